The molecule has 126 valence electrons. The van der Waals surface area contributed by atoms with Crippen molar-refractivity contribution in [2.75, 3.05) is 0 Å². The fourth-order valence-electron chi connectivity index (χ4n) is 2.32. The minimum absolute atomic E-state index is 0.101. The summed E-state index contributed by atoms with van der Waals surface area (Å²) in [6.45, 7) is 1.66. The SMILES string of the molecule is CC(=CC(=O)O)CC(=O)CCCCCCCCCCC(=O)O. The molecule has 0 aliphatic heterocycles. The normalized spacial score (nSPS) is 11.4. The quantitative estimate of drug-likeness (QED) is 0.374. The van der Waals surface area contributed by atoms with Gasteiger partial charge in [-0.2, -0.15) is 0 Å². The summed E-state index contributed by atoms with van der Waals surface area (Å²) < 4.78 is 0. The van der Waals surface area contributed by atoms with E-state index in [4.69, 9.17) is 10.2 Å². The Morgan fingerprint density at radius 2 is 1.23 bits per heavy atom. The minimum atomic E-state index is -1.01. The summed E-state index contributed by atoms with van der Waals surface area (Å²) in [5.74, 6) is -1.63. The van der Waals surface area contributed by atoms with Crippen molar-refractivity contribution in [3.63, 3.8) is 0 Å². The fourth-order valence-corrected chi connectivity index (χ4v) is 2.32. The molecule has 0 aromatic rings. The van der Waals surface area contributed by atoms with Crippen LogP contribution in [-0.4, -0.2) is 27.9 Å². The van der Waals surface area contributed by atoms with Gasteiger partial charge >= 0.3 is 11.9 Å². The molecule has 0 saturated heterocycles. The highest BCUT2D eigenvalue weighted by molar-refractivity contribution is 5.85. The van der Waals surface area contributed by atoms with E-state index in [9.17, 15) is 14.4 Å². The number of hydrogen-bond donors (Lipinski definition) is 2. The van der Waals surface area contributed by atoms with Crippen LogP contribution in [0.25, 0.3) is 0 Å². The maximum Gasteiger partial charge on any atom is 0.328 e. The summed E-state index contributed by atoms with van der Waals surface area (Å²) >= 11 is 0. The maximum atomic E-state index is 11.6. The summed E-state index contributed by atoms with van der Waals surface area (Å²) in [6, 6.07) is 0. The number of ketones is 1. The number of carboxylic acid groups (broad SMARTS) is 2. The molecule has 22 heavy (non-hydrogen) atoms. The molecule has 2 N–H and O–H groups in total. The summed E-state index contributed by atoms with van der Waals surface area (Å²) in [6.07, 6.45) is 10.1. The van der Waals surface area contributed by atoms with Gasteiger partial charge in [0.1, 0.15) is 5.78 Å². The topological polar surface area (TPSA) is 91.7 Å². The Labute approximate surface area is 132 Å². The number of Topliss-reactive ketones (excluding diaryl/α,β-unsaturated/α-hetero) is 1. The first-order chi connectivity index (χ1) is 10.4. The Balaban J connectivity index is 3.41. The van der Waals surface area contributed by atoms with Crippen molar-refractivity contribution in [1.82, 2.24) is 0 Å². The van der Waals surface area contributed by atoms with Gasteiger partial charge < -0.3 is 10.2 Å². The Kier molecular flexibility index (Phi) is 12.1. The van der Waals surface area contributed by atoms with Gasteiger partial charge in [-0.25, -0.2) is 4.79 Å². The van der Waals surface area contributed by atoms with Gasteiger partial charge in [0.15, 0.2) is 0 Å². The summed E-state index contributed by atoms with van der Waals surface area (Å²) in [5, 5.41) is 17.1. The molecule has 0 aromatic heterocycles. The van der Waals surface area contributed by atoms with E-state index in [1.165, 1.54) is 0 Å². The van der Waals surface area contributed by atoms with E-state index in [-0.39, 0.29) is 18.6 Å². The van der Waals surface area contributed by atoms with Gasteiger partial charge in [-0.05, 0) is 19.8 Å². The summed E-state index contributed by atoms with van der Waals surface area (Å²) in [5.41, 5.74) is 0.596. The number of allylic oxidation sites excluding steroid dienone is 1. The van der Waals surface area contributed by atoms with Crippen molar-refractivity contribution in [2.45, 2.75) is 77.6 Å². The van der Waals surface area contributed by atoms with E-state index < -0.39 is 11.9 Å². The van der Waals surface area contributed by atoms with Gasteiger partial charge in [-0.1, -0.05) is 44.1 Å². The number of carbonyl (C=O) groups is 3. The van der Waals surface area contributed by atoms with E-state index in [1.807, 2.05) is 0 Å². The highest BCUT2D eigenvalue weighted by Crippen LogP contribution is 2.12. The predicted octanol–water partition coefficient (Wildman–Crippen LogP) is 3.96. The first-order valence-corrected chi connectivity index (χ1v) is 8.05. The first kappa shape index (κ1) is 20.3. The zero-order valence-corrected chi connectivity index (χ0v) is 13.5. The molecular weight excluding hydrogens is 284 g/mol. The zero-order valence-electron chi connectivity index (χ0n) is 13.5. The molecule has 0 aromatic carbocycles. The molecule has 0 fully saturated rings. The molecule has 0 amide bonds. The second-order valence-corrected chi connectivity index (χ2v) is 5.77. The molecule has 0 bridgehead atoms. The number of unbranched alkanes of at least 4 members (excludes halogenated alkanes) is 7. The van der Waals surface area contributed by atoms with Crippen LogP contribution < -0.4 is 0 Å². The Bertz CT molecular complexity index is 385. The number of carbonyl (C=O) groups excluding carboxylic acids is 1. The molecule has 5 heteroatoms. The summed E-state index contributed by atoms with van der Waals surface area (Å²) in [4.78, 5) is 32.4. The molecule has 0 spiro atoms. The lowest BCUT2D eigenvalue weighted by Crippen LogP contribution is -2.00. The van der Waals surface area contributed by atoms with E-state index >= 15 is 0 Å². The van der Waals surface area contributed by atoms with Crippen molar-refractivity contribution in [1.29, 1.82) is 0 Å². The van der Waals surface area contributed by atoms with Gasteiger partial charge in [0, 0.05) is 25.3 Å². The third-order valence-electron chi connectivity index (χ3n) is 3.44. The van der Waals surface area contributed by atoms with Gasteiger partial charge in [0.05, 0.1) is 0 Å². The molecule has 0 rings (SSSR count). The molecule has 0 radical (unpaired) electrons. The van der Waals surface area contributed by atoms with Gasteiger partial charge in [0.25, 0.3) is 0 Å². The van der Waals surface area contributed by atoms with Crippen LogP contribution in [-0.2, 0) is 14.4 Å². The van der Waals surface area contributed by atoms with E-state index in [0.29, 0.717) is 12.0 Å². The zero-order chi connectivity index (χ0) is 16.8. The van der Waals surface area contributed by atoms with Crippen molar-refractivity contribution in [3.05, 3.63) is 11.6 Å². The van der Waals surface area contributed by atoms with Crippen LogP contribution in [0, 0.1) is 0 Å². The molecule has 0 saturated carbocycles. The van der Waals surface area contributed by atoms with Crippen LogP contribution in [0.2, 0.25) is 0 Å². The number of rotatable bonds is 14. The number of carboxylic acids is 2. The van der Waals surface area contributed by atoms with Crippen LogP contribution in [0.4, 0.5) is 0 Å². The maximum absolute atomic E-state index is 11.6. The van der Waals surface area contributed by atoms with Crippen molar-refractivity contribution < 1.29 is 24.6 Å². The van der Waals surface area contributed by atoms with Crippen LogP contribution in [0.5, 0.6) is 0 Å². The van der Waals surface area contributed by atoms with E-state index in [1.54, 1.807) is 6.92 Å². The molecular formula is C17H28O5. The standard InChI is InChI=1S/C17H28O5/c1-14(13-17(21)22)12-15(18)10-8-6-4-2-3-5-7-9-11-16(19)20/h13H,2-12H2,1H3,(H,19,20)(H,21,22). The Morgan fingerprint density at radius 3 is 1.68 bits per heavy atom. The molecule has 0 atom stereocenters. The number of hydrogen-bond acceptors (Lipinski definition) is 3. The fraction of sp³-hybridized carbons (Fsp3) is 0.706. The van der Waals surface area contributed by atoms with Crippen molar-refractivity contribution in [3.8, 4) is 0 Å². The monoisotopic (exact) mass is 312 g/mol. The summed E-state index contributed by atoms with van der Waals surface area (Å²) in [7, 11) is 0. The van der Waals surface area contributed by atoms with E-state index in [0.717, 1.165) is 57.4 Å². The molecule has 5 nitrogen and oxygen atoms in total. The average Bonchev–Trinajstić information content (AvgIpc) is 2.39. The van der Waals surface area contributed by atoms with Gasteiger partial charge in [-0.3, -0.25) is 9.59 Å². The van der Waals surface area contributed by atoms with Crippen LogP contribution in [0.1, 0.15) is 77.6 Å². The molecule has 0 unspecified atom stereocenters. The lowest BCUT2D eigenvalue weighted by Gasteiger charge is -2.03. The third-order valence-corrected chi connectivity index (χ3v) is 3.44. The highest BCUT2D eigenvalue weighted by Gasteiger charge is 2.04. The van der Waals surface area contributed by atoms with E-state index in [2.05, 4.69) is 0 Å². The highest BCUT2D eigenvalue weighted by atomic mass is 16.4. The lowest BCUT2D eigenvalue weighted by atomic mass is 10.0. The van der Waals surface area contributed by atoms with Crippen molar-refractivity contribution >= 4 is 17.7 Å². The third kappa shape index (κ3) is 14.8. The van der Waals surface area contributed by atoms with Crippen LogP contribution in [0.3, 0.4) is 0 Å². The number of aliphatic carboxylic acids is 2. The van der Waals surface area contributed by atoms with Gasteiger partial charge in [-0.15, -0.1) is 0 Å². The Hall–Kier alpha value is -1.65. The molecule has 0 heterocycles. The Morgan fingerprint density at radius 1 is 0.773 bits per heavy atom. The predicted molar refractivity (Wildman–Crippen MR) is 84.8 cm³/mol. The average molecular weight is 312 g/mol. The first-order valence-electron chi connectivity index (χ1n) is 8.05. The largest absolute Gasteiger partial charge is 0.481 e. The van der Waals surface area contributed by atoms with Crippen LogP contribution >= 0.6 is 0 Å². The second-order valence-electron chi connectivity index (χ2n) is 5.77. The lowest BCUT2D eigenvalue weighted by molar-refractivity contribution is -0.137. The second kappa shape index (κ2) is 13.0. The molecule has 0 aliphatic rings. The minimum Gasteiger partial charge on any atom is -0.481 e. The van der Waals surface area contributed by atoms with Crippen LogP contribution in [0.15, 0.2) is 11.6 Å². The smallest absolute Gasteiger partial charge is 0.328 e. The molecule has 0 aliphatic carbocycles. The van der Waals surface area contributed by atoms with Gasteiger partial charge in [0.2, 0.25) is 0 Å². The van der Waals surface area contributed by atoms with Crippen molar-refractivity contribution in [2.24, 2.45) is 0 Å².